The number of anilines is 1. The Morgan fingerprint density at radius 2 is 1.81 bits per heavy atom. The Balaban J connectivity index is 1.62. The molecule has 9 nitrogen and oxygen atoms in total. The summed E-state index contributed by atoms with van der Waals surface area (Å²) in [6, 6.07) is 0. The van der Waals surface area contributed by atoms with E-state index in [1.54, 1.807) is 18.4 Å². The van der Waals surface area contributed by atoms with E-state index in [0.29, 0.717) is 23.6 Å². The third-order valence-electron chi connectivity index (χ3n) is 5.97. The minimum atomic E-state index is -0.343. The highest BCUT2D eigenvalue weighted by Gasteiger charge is 2.24. The fraction of sp³-hybridized carbons (Fsp3) is 0.619. The summed E-state index contributed by atoms with van der Waals surface area (Å²) in [4.78, 5) is 40.5. The molecule has 1 aliphatic heterocycles. The Hall–Kier alpha value is -2.46. The van der Waals surface area contributed by atoms with E-state index in [1.165, 1.54) is 21.1 Å². The van der Waals surface area contributed by atoms with Gasteiger partial charge in [0, 0.05) is 57.9 Å². The summed E-state index contributed by atoms with van der Waals surface area (Å²) in [7, 11) is 3.21. The van der Waals surface area contributed by atoms with E-state index in [1.807, 2.05) is 10.8 Å². The largest absolute Gasteiger partial charge is 0.346 e. The van der Waals surface area contributed by atoms with Crippen LogP contribution in [0.2, 0.25) is 0 Å². The number of fused-ring (bicyclic) bond motifs is 1. The molecular formula is C21H31N7O2S. The molecule has 0 radical (unpaired) electrons. The van der Waals surface area contributed by atoms with Crippen LogP contribution < -0.4 is 16.1 Å². The summed E-state index contributed by atoms with van der Waals surface area (Å²) in [6.07, 6.45) is 2.87. The van der Waals surface area contributed by atoms with Crippen molar-refractivity contribution < 1.29 is 0 Å². The van der Waals surface area contributed by atoms with Crippen LogP contribution in [0.5, 0.6) is 0 Å². The maximum atomic E-state index is 12.9. The molecule has 0 bridgehead atoms. The second-order valence-corrected chi connectivity index (χ2v) is 9.97. The van der Waals surface area contributed by atoms with Gasteiger partial charge in [-0.15, -0.1) is 11.3 Å². The Kier molecular flexibility index (Phi) is 6.02. The molecule has 1 saturated heterocycles. The molecule has 0 unspecified atom stereocenters. The number of nitrogens with zero attached hydrogens (tertiary/aromatic N) is 7. The van der Waals surface area contributed by atoms with Crippen LogP contribution >= 0.6 is 11.3 Å². The van der Waals surface area contributed by atoms with Gasteiger partial charge in [0.2, 0.25) is 0 Å². The highest BCUT2D eigenvalue weighted by atomic mass is 32.1. The van der Waals surface area contributed by atoms with E-state index in [9.17, 15) is 9.59 Å². The Bertz CT molecular complexity index is 1190. The molecule has 168 valence electrons. The van der Waals surface area contributed by atoms with E-state index in [0.717, 1.165) is 50.1 Å². The average Bonchev–Trinajstić information content (AvgIpc) is 3.33. The highest BCUT2D eigenvalue weighted by Crippen LogP contribution is 2.23. The van der Waals surface area contributed by atoms with Gasteiger partial charge in [0.1, 0.15) is 5.82 Å². The smallest absolute Gasteiger partial charge is 0.332 e. The van der Waals surface area contributed by atoms with Gasteiger partial charge in [-0.2, -0.15) is 0 Å². The number of aromatic nitrogens is 5. The molecule has 0 amide bonds. The average molecular weight is 446 g/mol. The zero-order valence-corrected chi connectivity index (χ0v) is 19.8. The fourth-order valence-electron chi connectivity index (χ4n) is 4.03. The fourth-order valence-corrected chi connectivity index (χ4v) is 4.84. The van der Waals surface area contributed by atoms with Crippen molar-refractivity contribution in [3.05, 3.63) is 37.7 Å². The summed E-state index contributed by atoms with van der Waals surface area (Å²) in [5.74, 6) is 1.36. The van der Waals surface area contributed by atoms with Crippen LogP contribution in [0.1, 0.15) is 31.0 Å². The first-order valence-electron chi connectivity index (χ1n) is 10.8. The lowest BCUT2D eigenvalue weighted by Crippen LogP contribution is -2.46. The molecule has 0 atom stereocenters. The third-order valence-corrected chi connectivity index (χ3v) is 6.95. The standard InChI is InChI=1S/C21H31N7O2S/c1-14(2)6-7-28-16(23-18-17(28)19(29)25(5)21(30)24(18)4)13-26-8-10-27(11-9-26)20-22-12-15(3)31-20/h12,14H,6-11,13H2,1-5H3. The summed E-state index contributed by atoms with van der Waals surface area (Å²) in [5, 5.41) is 1.08. The minimum absolute atomic E-state index is 0.274. The molecule has 3 aromatic heterocycles. The molecule has 0 saturated carbocycles. The molecule has 1 fully saturated rings. The lowest BCUT2D eigenvalue weighted by atomic mass is 10.1. The number of piperazine rings is 1. The molecule has 4 heterocycles. The summed E-state index contributed by atoms with van der Waals surface area (Å²) >= 11 is 1.73. The van der Waals surface area contributed by atoms with E-state index in [4.69, 9.17) is 4.98 Å². The maximum Gasteiger partial charge on any atom is 0.332 e. The van der Waals surface area contributed by atoms with Gasteiger partial charge < -0.3 is 9.47 Å². The van der Waals surface area contributed by atoms with Crippen molar-refractivity contribution in [1.82, 2.24) is 28.6 Å². The van der Waals surface area contributed by atoms with Crippen LogP contribution in [0.4, 0.5) is 5.13 Å². The molecule has 0 N–H and O–H groups in total. The Labute approximate surface area is 185 Å². The minimum Gasteiger partial charge on any atom is -0.346 e. The quantitative estimate of drug-likeness (QED) is 0.573. The Morgan fingerprint density at radius 1 is 1.10 bits per heavy atom. The number of rotatable bonds is 6. The molecule has 0 aliphatic carbocycles. The predicted molar refractivity (Wildman–Crippen MR) is 124 cm³/mol. The molecule has 31 heavy (non-hydrogen) atoms. The number of aryl methyl sites for hydroxylation is 3. The van der Waals surface area contributed by atoms with Crippen molar-refractivity contribution >= 4 is 27.6 Å². The van der Waals surface area contributed by atoms with E-state index >= 15 is 0 Å². The van der Waals surface area contributed by atoms with Crippen LogP contribution in [0.25, 0.3) is 11.2 Å². The van der Waals surface area contributed by atoms with Gasteiger partial charge in [0.15, 0.2) is 16.3 Å². The zero-order chi connectivity index (χ0) is 22.3. The summed E-state index contributed by atoms with van der Waals surface area (Å²) in [6.45, 7) is 11.4. The molecular weight excluding hydrogens is 414 g/mol. The van der Waals surface area contributed by atoms with E-state index in [-0.39, 0.29) is 11.2 Å². The SMILES string of the molecule is Cc1cnc(N2CCN(Cc3nc4c(c(=O)n(C)c(=O)n4C)n3CCC(C)C)CC2)s1. The number of hydrogen-bond acceptors (Lipinski definition) is 7. The van der Waals surface area contributed by atoms with E-state index < -0.39 is 0 Å². The second-order valence-electron chi connectivity index (χ2n) is 8.76. The first-order valence-corrected chi connectivity index (χ1v) is 11.6. The molecule has 0 aromatic carbocycles. The van der Waals surface area contributed by atoms with Gasteiger partial charge in [-0.3, -0.25) is 18.8 Å². The maximum absolute atomic E-state index is 12.9. The normalized spacial score (nSPS) is 15.5. The van der Waals surface area contributed by atoms with Crippen molar-refractivity contribution in [3.8, 4) is 0 Å². The van der Waals surface area contributed by atoms with Crippen molar-refractivity contribution in [3.63, 3.8) is 0 Å². The van der Waals surface area contributed by atoms with Crippen molar-refractivity contribution in [2.75, 3.05) is 31.1 Å². The summed E-state index contributed by atoms with van der Waals surface area (Å²) < 4.78 is 4.69. The van der Waals surface area contributed by atoms with E-state index in [2.05, 4.69) is 35.6 Å². The van der Waals surface area contributed by atoms with Gasteiger partial charge in [0.05, 0.1) is 6.54 Å². The molecule has 0 spiro atoms. The molecule has 4 rings (SSSR count). The summed E-state index contributed by atoms with van der Waals surface area (Å²) in [5.41, 5.74) is 0.385. The van der Waals surface area contributed by atoms with Crippen molar-refractivity contribution in [2.45, 2.75) is 40.3 Å². The first kappa shape index (κ1) is 21.8. The van der Waals surface area contributed by atoms with Gasteiger partial charge in [-0.1, -0.05) is 13.8 Å². The number of hydrogen-bond donors (Lipinski definition) is 0. The van der Waals surface area contributed by atoms with Crippen LogP contribution in [0.15, 0.2) is 15.8 Å². The second kappa shape index (κ2) is 8.58. The highest BCUT2D eigenvalue weighted by molar-refractivity contribution is 7.15. The zero-order valence-electron chi connectivity index (χ0n) is 19.0. The lowest BCUT2D eigenvalue weighted by Gasteiger charge is -2.34. The number of thiazole rings is 1. The lowest BCUT2D eigenvalue weighted by molar-refractivity contribution is 0.240. The molecule has 3 aromatic rings. The molecule has 10 heteroatoms. The van der Waals surface area contributed by atoms with Gasteiger partial charge in [-0.05, 0) is 19.3 Å². The first-order chi connectivity index (χ1) is 14.8. The van der Waals surface area contributed by atoms with Crippen LogP contribution in [0.3, 0.4) is 0 Å². The monoisotopic (exact) mass is 445 g/mol. The van der Waals surface area contributed by atoms with Gasteiger partial charge in [0.25, 0.3) is 5.56 Å². The predicted octanol–water partition coefficient (Wildman–Crippen LogP) is 1.57. The molecule has 1 aliphatic rings. The van der Waals surface area contributed by atoms with Crippen molar-refractivity contribution in [1.29, 1.82) is 0 Å². The van der Waals surface area contributed by atoms with Gasteiger partial charge in [-0.25, -0.2) is 14.8 Å². The van der Waals surface area contributed by atoms with Crippen molar-refractivity contribution in [2.24, 2.45) is 20.0 Å². The van der Waals surface area contributed by atoms with Crippen LogP contribution in [-0.2, 0) is 27.2 Å². The topological polar surface area (TPSA) is 81.2 Å². The van der Waals surface area contributed by atoms with Gasteiger partial charge >= 0.3 is 5.69 Å². The Morgan fingerprint density at radius 3 is 2.42 bits per heavy atom. The van der Waals surface area contributed by atoms with Crippen LogP contribution in [0, 0.1) is 12.8 Å². The number of imidazole rings is 1. The third kappa shape index (κ3) is 4.18. The van der Waals surface area contributed by atoms with Crippen LogP contribution in [-0.4, -0.2) is 54.7 Å².